The SMILES string of the molecule is COc1ccc(S(=O)(=O)N2CCCO[C@H]2CNC(=O)C(=O)NCc2ccc(Cl)cc2)cc1C. The molecule has 0 radical (unpaired) electrons. The lowest BCUT2D eigenvalue weighted by Crippen LogP contribution is -2.53. The average molecular weight is 496 g/mol. The molecular weight excluding hydrogens is 470 g/mol. The van der Waals surface area contributed by atoms with Crippen LogP contribution in [0.25, 0.3) is 0 Å². The highest BCUT2D eigenvalue weighted by molar-refractivity contribution is 7.89. The molecule has 0 aliphatic carbocycles. The van der Waals surface area contributed by atoms with Crippen molar-refractivity contribution >= 4 is 33.4 Å². The van der Waals surface area contributed by atoms with Crippen LogP contribution in [0.1, 0.15) is 17.5 Å². The fraction of sp³-hybridized carbons (Fsp3) is 0.364. The number of nitrogens with zero attached hydrogens (tertiary/aromatic N) is 1. The van der Waals surface area contributed by atoms with Gasteiger partial charge < -0.3 is 20.1 Å². The number of hydrogen-bond acceptors (Lipinski definition) is 6. The highest BCUT2D eigenvalue weighted by Crippen LogP contribution is 2.26. The molecule has 11 heteroatoms. The molecule has 1 heterocycles. The number of carbonyl (C=O) groups excluding carboxylic acids is 2. The number of nitrogens with one attached hydrogen (secondary N) is 2. The lowest BCUT2D eigenvalue weighted by molar-refractivity contribution is -0.140. The zero-order valence-corrected chi connectivity index (χ0v) is 19.9. The summed E-state index contributed by atoms with van der Waals surface area (Å²) >= 11 is 5.83. The molecule has 2 amide bonds. The molecule has 0 saturated carbocycles. The van der Waals surface area contributed by atoms with Gasteiger partial charge in [0.25, 0.3) is 0 Å². The summed E-state index contributed by atoms with van der Waals surface area (Å²) in [4.78, 5) is 24.4. The van der Waals surface area contributed by atoms with Crippen LogP contribution in [0.2, 0.25) is 5.02 Å². The van der Waals surface area contributed by atoms with E-state index in [1.807, 2.05) is 0 Å². The molecule has 0 aromatic heterocycles. The number of aryl methyl sites for hydroxylation is 1. The summed E-state index contributed by atoms with van der Waals surface area (Å²) in [5, 5.41) is 5.54. The number of amides is 2. The van der Waals surface area contributed by atoms with Crippen molar-refractivity contribution in [2.45, 2.75) is 31.0 Å². The first-order chi connectivity index (χ1) is 15.7. The van der Waals surface area contributed by atoms with E-state index in [2.05, 4.69) is 10.6 Å². The lowest BCUT2D eigenvalue weighted by atomic mass is 10.2. The topological polar surface area (TPSA) is 114 Å². The summed E-state index contributed by atoms with van der Waals surface area (Å²) < 4.78 is 38.4. The van der Waals surface area contributed by atoms with Crippen LogP contribution >= 0.6 is 11.6 Å². The number of ether oxygens (including phenoxy) is 2. The normalized spacial score (nSPS) is 16.8. The second-order valence-corrected chi connectivity index (χ2v) is 9.77. The number of methoxy groups -OCH3 is 1. The van der Waals surface area contributed by atoms with Gasteiger partial charge in [0, 0.05) is 18.1 Å². The summed E-state index contributed by atoms with van der Waals surface area (Å²) in [5.74, 6) is -1.13. The van der Waals surface area contributed by atoms with Crippen molar-refractivity contribution in [3.63, 3.8) is 0 Å². The van der Waals surface area contributed by atoms with E-state index in [9.17, 15) is 18.0 Å². The minimum absolute atomic E-state index is 0.100. The van der Waals surface area contributed by atoms with Crippen molar-refractivity contribution in [2.75, 3.05) is 26.8 Å². The molecule has 1 aliphatic rings. The molecule has 2 aromatic carbocycles. The largest absolute Gasteiger partial charge is 0.496 e. The molecule has 33 heavy (non-hydrogen) atoms. The number of sulfonamides is 1. The third-order valence-corrected chi connectivity index (χ3v) is 7.27. The molecule has 2 aromatic rings. The summed E-state index contributed by atoms with van der Waals surface area (Å²) in [6.07, 6.45) is -0.417. The van der Waals surface area contributed by atoms with E-state index < -0.39 is 28.1 Å². The fourth-order valence-electron chi connectivity index (χ4n) is 3.37. The summed E-state index contributed by atoms with van der Waals surface area (Å²) in [5.41, 5.74) is 1.46. The number of carbonyl (C=O) groups is 2. The molecule has 0 bridgehead atoms. The predicted octanol–water partition coefficient (Wildman–Crippen LogP) is 1.83. The molecule has 0 unspecified atom stereocenters. The van der Waals surface area contributed by atoms with E-state index in [1.54, 1.807) is 37.3 Å². The highest BCUT2D eigenvalue weighted by Gasteiger charge is 2.35. The third kappa shape index (κ3) is 6.23. The van der Waals surface area contributed by atoms with Gasteiger partial charge in [0.15, 0.2) is 0 Å². The molecule has 0 spiro atoms. The van der Waals surface area contributed by atoms with Gasteiger partial charge in [-0.3, -0.25) is 9.59 Å². The van der Waals surface area contributed by atoms with E-state index in [0.29, 0.717) is 29.4 Å². The zero-order chi connectivity index (χ0) is 24.0. The first-order valence-corrected chi connectivity index (χ1v) is 12.1. The Bertz CT molecular complexity index is 1110. The number of rotatable bonds is 7. The van der Waals surface area contributed by atoms with E-state index in [0.717, 1.165) is 5.56 Å². The van der Waals surface area contributed by atoms with Gasteiger partial charge in [0.05, 0.1) is 25.2 Å². The van der Waals surface area contributed by atoms with Crippen LogP contribution in [0.3, 0.4) is 0 Å². The second kappa shape index (κ2) is 11.0. The third-order valence-electron chi connectivity index (χ3n) is 5.14. The minimum atomic E-state index is -3.89. The summed E-state index contributed by atoms with van der Waals surface area (Å²) in [6.45, 7) is 2.32. The Kier molecular flexibility index (Phi) is 8.30. The Morgan fingerprint density at radius 1 is 1.15 bits per heavy atom. The summed E-state index contributed by atoms with van der Waals surface area (Å²) in [7, 11) is -2.37. The van der Waals surface area contributed by atoms with Gasteiger partial charge in [-0.15, -0.1) is 0 Å². The van der Waals surface area contributed by atoms with Crippen LogP contribution in [0, 0.1) is 6.92 Å². The van der Waals surface area contributed by atoms with E-state index in [4.69, 9.17) is 21.1 Å². The Morgan fingerprint density at radius 3 is 2.52 bits per heavy atom. The van der Waals surface area contributed by atoms with Crippen molar-refractivity contribution < 1.29 is 27.5 Å². The number of benzene rings is 2. The van der Waals surface area contributed by atoms with Crippen LogP contribution in [0.4, 0.5) is 0 Å². The van der Waals surface area contributed by atoms with Crippen LogP contribution in [0.15, 0.2) is 47.4 Å². The van der Waals surface area contributed by atoms with Gasteiger partial charge in [-0.25, -0.2) is 8.42 Å². The van der Waals surface area contributed by atoms with E-state index in [1.165, 1.54) is 23.5 Å². The first-order valence-electron chi connectivity index (χ1n) is 10.3. The Hall–Kier alpha value is -2.66. The van der Waals surface area contributed by atoms with Gasteiger partial charge in [0.2, 0.25) is 10.0 Å². The van der Waals surface area contributed by atoms with Crippen molar-refractivity contribution in [3.05, 3.63) is 58.6 Å². The highest BCUT2D eigenvalue weighted by atomic mass is 35.5. The maximum atomic E-state index is 13.2. The van der Waals surface area contributed by atoms with Gasteiger partial charge in [-0.2, -0.15) is 4.31 Å². The van der Waals surface area contributed by atoms with Crippen molar-refractivity contribution in [1.29, 1.82) is 0 Å². The molecule has 9 nitrogen and oxygen atoms in total. The standard InChI is InChI=1S/C22H26ClN3O6S/c1-15-12-18(8-9-19(15)31-2)33(29,30)26-10-3-11-32-20(26)14-25-22(28)21(27)24-13-16-4-6-17(23)7-5-16/h4-9,12,20H,3,10-11,13-14H2,1-2H3,(H,24,27)(H,25,28)/t20-/m0/s1. The lowest BCUT2D eigenvalue weighted by Gasteiger charge is -2.34. The summed E-state index contributed by atoms with van der Waals surface area (Å²) in [6, 6.07) is 11.4. The van der Waals surface area contributed by atoms with Gasteiger partial charge in [0.1, 0.15) is 12.0 Å². The molecular formula is C22H26ClN3O6S. The Morgan fingerprint density at radius 2 is 1.85 bits per heavy atom. The van der Waals surface area contributed by atoms with Crippen molar-refractivity contribution in [1.82, 2.24) is 14.9 Å². The first kappa shape index (κ1) is 25.0. The zero-order valence-electron chi connectivity index (χ0n) is 18.3. The number of halogens is 1. The Balaban J connectivity index is 1.61. The molecule has 178 valence electrons. The van der Waals surface area contributed by atoms with Crippen molar-refractivity contribution in [2.24, 2.45) is 0 Å². The average Bonchev–Trinajstić information content (AvgIpc) is 2.82. The van der Waals surface area contributed by atoms with Gasteiger partial charge in [-0.1, -0.05) is 23.7 Å². The maximum absolute atomic E-state index is 13.2. The second-order valence-electron chi connectivity index (χ2n) is 7.45. The Labute approximate surface area is 198 Å². The van der Waals surface area contributed by atoms with Crippen molar-refractivity contribution in [3.8, 4) is 5.75 Å². The monoisotopic (exact) mass is 495 g/mol. The molecule has 2 N–H and O–H groups in total. The quantitative estimate of drug-likeness (QED) is 0.566. The molecule has 3 rings (SSSR count). The van der Waals surface area contributed by atoms with Gasteiger partial charge >= 0.3 is 11.8 Å². The predicted molar refractivity (Wildman–Crippen MR) is 122 cm³/mol. The molecule has 1 fully saturated rings. The maximum Gasteiger partial charge on any atom is 0.309 e. The smallest absolute Gasteiger partial charge is 0.309 e. The van der Waals surface area contributed by atoms with E-state index >= 15 is 0 Å². The van der Waals surface area contributed by atoms with Crippen LogP contribution in [-0.4, -0.2) is 57.6 Å². The molecule has 1 aliphatic heterocycles. The molecule has 1 saturated heterocycles. The van der Waals surface area contributed by atoms with Crippen LogP contribution in [0.5, 0.6) is 5.75 Å². The molecule has 1 atom stereocenters. The minimum Gasteiger partial charge on any atom is -0.496 e. The fourth-order valence-corrected chi connectivity index (χ4v) is 5.15. The van der Waals surface area contributed by atoms with Crippen LogP contribution < -0.4 is 15.4 Å². The number of hydrogen-bond donors (Lipinski definition) is 2. The van der Waals surface area contributed by atoms with Crippen LogP contribution in [-0.2, 0) is 30.9 Å². The van der Waals surface area contributed by atoms with E-state index in [-0.39, 0.29) is 24.5 Å². The van der Waals surface area contributed by atoms with Gasteiger partial charge in [-0.05, 0) is 54.8 Å².